The van der Waals surface area contributed by atoms with E-state index in [1.165, 1.54) is 4.90 Å². The van der Waals surface area contributed by atoms with Crippen LogP contribution in [0.5, 0.6) is 0 Å². The van der Waals surface area contributed by atoms with Crippen LogP contribution in [0.1, 0.15) is 12.5 Å². The largest absolute Gasteiger partial charge is 0.465 e. The van der Waals surface area contributed by atoms with Crippen molar-refractivity contribution in [3.05, 3.63) is 29.8 Å². The molecule has 0 aliphatic carbocycles. The molecule has 1 aromatic rings. The van der Waals surface area contributed by atoms with E-state index in [1.807, 2.05) is 0 Å². The van der Waals surface area contributed by atoms with Gasteiger partial charge in [-0.2, -0.15) is 0 Å². The van der Waals surface area contributed by atoms with E-state index in [2.05, 4.69) is 0 Å². The molecule has 0 unspecified atom stereocenters. The number of anilines is 1. The first-order valence-electron chi connectivity index (χ1n) is 4.39. The number of aliphatic hydroxyl groups excluding tert-OH is 1. The highest BCUT2D eigenvalue weighted by molar-refractivity contribution is 5.85. The van der Waals surface area contributed by atoms with E-state index in [0.717, 1.165) is 0 Å². The van der Waals surface area contributed by atoms with Crippen LogP contribution < -0.4 is 4.90 Å². The zero-order chi connectivity index (χ0) is 10.6. The second-order valence-corrected chi connectivity index (χ2v) is 2.85. The number of rotatable bonds is 3. The maximum Gasteiger partial charge on any atom is 0.411 e. The van der Waals surface area contributed by atoms with Crippen molar-refractivity contribution >= 4 is 11.8 Å². The van der Waals surface area contributed by atoms with Gasteiger partial charge in [0.15, 0.2) is 0 Å². The summed E-state index contributed by atoms with van der Waals surface area (Å²) in [4.78, 5) is 12.0. The molecule has 0 aliphatic rings. The van der Waals surface area contributed by atoms with Crippen molar-refractivity contribution in [3.63, 3.8) is 0 Å². The first-order chi connectivity index (χ1) is 6.69. The number of nitrogens with zero attached hydrogens (tertiary/aromatic N) is 1. The Labute approximate surface area is 82.4 Å². The van der Waals surface area contributed by atoms with Crippen molar-refractivity contribution in [3.8, 4) is 0 Å². The molecule has 4 heteroatoms. The van der Waals surface area contributed by atoms with Crippen molar-refractivity contribution < 1.29 is 15.0 Å². The molecule has 0 spiro atoms. The molecule has 0 heterocycles. The number of aliphatic hydroxyl groups is 1. The quantitative estimate of drug-likeness (QED) is 0.771. The van der Waals surface area contributed by atoms with Gasteiger partial charge in [-0.25, -0.2) is 4.79 Å². The van der Waals surface area contributed by atoms with Crippen molar-refractivity contribution in [2.24, 2.45) is 0 Å². The summed E-state index contributed by atoms with van der Waals surface area (Å²) < 4.78 is 0. The summed E-state index contributed by atoms with van der Waals surface area (Å²) in [6.45, 7) is 2.08. The zero-order valence-electron chi connectivity index (χ0n) is 7.97. The van der Waals surface area contributed by atoms with Gasteiger partial charge in [0.25, 0.3) is 0 Å². The fraction of sp³-hybridized carbons (Fsp3) is 0.300. The molecular formula is C10H13NO3. The van der Waals surface area contributed by atoms with Crippen LogP contribution in [0.3, 0.4) is 0 Å². The van der Waals surface area contributed by atoms with Gasteiger partial charge >= 0.3 is 6.09 Å². The summed E-state index contributed by atoms with van der Waals surface area (Å²) >= 11 is 0. The van der Waals surface area contributed by atoms with Gasteiger partial charge in [-0.3, -0.25) is 4.90 Å². The third-order valence-electron chi connectivity index (χ3n) is 1.95. The maximum absolute atomic E-state index is 10.8. The van der Waals surface area contributed by atoms with Gasteiger partial charge in [0.2, 0.25) is 0 Å². The molecular weight excluding hydrogens is 182 g/mol. The topological polar surface area (TPSA) is 60.8 Å². The Morgan fingerprint density at radius 1 is 1.50 bits per heavy atom. The van der Waals surface area contributed by atoms with E-state index in [4.69, 9.17) is 10.2 Å². The Hall–Kier alpha value is -1.55. The van der Waals surface area contributed by atoms with E-state index in [0.29, 0.717) is 17.8 Å². The lowest BCUT2D eigenvalue weighted by atomic mass is 10.2. The number of benzene rings is 1. The molecule has 76 valence electrons. The first kappa shape index (κ1) is 10.5. The Balaban J connectivity index is 2.98. The molecule has 4 nitrogen and oxygen atoms in total. The minimum Gasteiger partial charge on any atom is -0.465 e. The van der Waals surface area contributed by atoms with Crippen molar-refractivity contribution in [2.45, 2.75) is 13.5 Å². The molecule has 2 N–H and O–H groups in total. The molecule has 0 atom stereocenters. The lowest BCUT2D eigenvalue weighted by Crippen LogP contribution is -2.28. The SMILES string of the molecule is CCN(C(=O)O)c1cccc(CO)c1. The van der Waals surface area contributed by atoms with Crippen molar-refractivity contribution in [2.75, 3.05) is 11.4 Å². The van der Waals surface area contributed by atoms with E-state index >= 15 is 0 Å². The summed E-state index contributed by atoms with van der Waals surface area (Å²) in [7, 11) is 0. The zero-order valence-corrected chi connectivity index (χ0v) is 7.97. The Morgan fingerprint density at radius 2 is 2.21 bits per heavy atom. The number of carbonyl (C=O) groups is 1. The summed E-state index contributed by atoms with van der Waals surface area (Å²) in [6, 6.07) is 6.85. The number of hydrogen-bond donors (Lipinski definition) is 2. The third kappa shape index (κ3) is 2.23. The lowest BCUT2D eigenvalue weighted by Gasteiger charge is -2.17. The summed E-state index contributed by atoms with van der Waals surface area (Å²) in [5.74, 6) is 0. The highest BCUT2D eigenvalue weighted by Gasteiger charge is 2.11. The molecule has 0 aliphatic heterocycles. The third-order valence-corrected chi connectivity index (χ3v) is 1.95. The minimum absolute atomic E-state index is 0.0784. The molecule has 1 amide bonds. The van der Waals surface area contributed by atoms with Gasteiger partial charge in [0, 0.05) is 12.2 Å². The molecule has 0 aromatic heterocycles. The molecule has 0 saturated heterocycles. The van der Waals surface area contributed by atoms with Crippen LogP contribution in [-0.4, -0.2) is 22.9 Å². The predicted octanol–water partition coefficient (Wildman–Crippen LogP) is 1.68. The second kappa shape index (κ2) is 4.62. The lowest BCUT2D eigenvalue weighted by molar-refractivity contribution is 0.202. The van der Waals surface area contributed by atoms with E-state index in [-0.39, 0.29) is 6.61 Å². The van der Waals surface area contributed by atoms with E-state index in [1.54, 1.807) is 31.2 Å². The first-order valence-corrected chi connectivity index (χ1v) is 4.39. The molecule has 0 bridgehead atoms. The fourth-order valence-electron chi connectivity index (χ4n) is 1.25. The van der Waals surface area contributed by atoms with Crippen molar-refractivity contribution in [1.82, 2.24) is 0 Å². The van der Waals surface area contributed by atoms with Gasteiger partial charge in [-0.1, -0.05) is 12.1 Å². The number of carboxylic acid groups (broad SMARTS) is 1. The minimum atomic E-state index is -0.984. The molecule has 0 fully saturated rings. The average molecular weight is 195 g/mol. The number of hydrogen-bond acceptors (Lipinski definition) is 2. The van der Waals surface area contributed by atoms with Crippen LogP contribution >= 0.6 is 0 Å². The Bertz CT molecular complexity index is 325. The molecule has 1 rings (SSSR count). The Morgan fingerprint density at radius 3 is 2.71 bits per heavy atom. The summed E-state index contributed by atoms with van der Waals surface area (Å²) in [5.41, 5.74) is 1.30. The van der Waals surface area contributed by atoms with Gasteiger partial charge in [0.1, 0.15) is 0 Å². The number of amides is 1. The van der Waals surface area contributed by atoms with Gasteiger partial charge in [0.05, 0.1) is 6.61 Å². The monoisotopic (exact) mass is 195 g/mol. The molecule has 0 saturated carbocycles. The van der Waals surface area contributed by atoms with Crippen LogP contribution in [-0.2, 0) is 6.61 Å². The Kier molecular flexibility index (Phi) is 3.48. The highest BCUT2D eigenvalue weighted by atomic mass is 16.4. The van der Waals surface area contributed by atoms with Crippen LogP contribution in [0.15, 0.2) is 24.3 Å². The molecule has 1 aromatic carbocycles. The van der Waals surface area contributed by atoms with Crippen LogP contribution in [0.4, 0.5) is 10.5 Å². The van der Waals surface area contributed by atoms with Gasteiger partial charge in [-0.15, -0.1) is 0 Å². The van der Waals surface area contributed by atoms with E-state index < -0.39 is 6.09 Å². The standard InChI is InChI=1S/C10H13NO3/c1-2-11(10(13)14)9-5-3-4-8(6-9)7-12/h3-6,12H,2,7H2,1H3,(H,13,14). The van der Waals surface area contributed by atoms with Crippen LogP contribution in [0.25, 0.3) is 0 Å². The average Bonchev–Trinajstić information content (AvgIpc) is 2.19. The molecule has 14 heavy (non-hydrogen) atoms. The van der Waals surface area contributed by atoms with Gasteiger partial charge < -0.3 is 10.2 Å². The summed E-state index contributed by atoms with van der Waals surface area (Å²) in [5, 5.41) is 17.7. The van der Waals surface area contributed by atoms with Gasteiger partial charge in [-0.05, 0) is 24.6 Å². The second-order valence-electron chi connectivity index (χ2n) is 2.85. The molecule has 0 radical (unpaired) electrons. The van der Waals surface area contributed by atoms with Crippen molar-refractivity contribution in [1.29, 1.82) is 0 Å². The van der Waals surface area contributed by atoms with E-state index in [9.17, 15) is 4.79 Å². The normalized spacial score (nSPS) is 9.86. The van der Waals surface area contributed by atoms with Crippen LogP contribution in [0, 0.1) is 0 Å². The highest BCUT2D eigenvalue weighted by Crippen LogP contribution is 2.16. The fourth-order valence-corrected chi connectivity index (χ4v) is 1.25. The maximum atomic E-state index is 10.8. The smallest absolute Gasteiger partial charge is 0.411 e. The van der Waals surface area contributed by atoms with Crippen LogP contribution in [0.2, 0.25) is 0 Å². The summed E-state index contributed by atoms with van der Waals surface area (Å²) in [6.07, 6.45) is -0.984. The predicted molar refractivity (Wildman–Crippen MR) is 53.4 cm³/mol.